The number of aryl methyl sites for hydroxylation is 1. The minimum absolute atomic E-state index is 0.0405. The van der Waals surface area contributed by atoms with Gasteiger partial charge in [0, 0.05) is 16.8 Å². The van der Waals surface area contributed by atoms with E-state index in [1.54, 1.807) is 35.9 Å². The zero-order valence-corrected chi connectivity index (χ0v) is 17.7. The van der Waals surface area contributed by atoms with E-state index in [0.29, 0.717) is 15.9 Å². The fourth-order valence-electron chi connectivity index (χ4n) is 2.92. The van der Waals surface area contributed by atoms with Crippen LogP contribution in [0.2, 0.25) is 5.02 Å². The number of benzene rings is 2. The molecule has 148 valence electrons. The second kappa shape index (κ2) is 9.34. The normalized spacial score (nSPS) is 17.8. The fourth-order valence-corrected chi connectivity index (χ4v) is 4.43. The van der Waals surface area contributed by atoms with E-state index in [9.17, 15) is 4.79 Å². The van der Waals surface area contributed by atoms with E-state index >= 15 is 0 Å². The molecule has 1 saturated heterocycles. The Morgan fingerprint density at radius 1 is 1.29 bits per heavy atom. The second-order valence-electron chi connectivity index (χ2n) is 6.43. The van der Waals surface area contributed by atoms with Crippen LogP contribution in [0.4, 0.5) is 5.69 Å². The Hall–Kier alpha value is -2.18. The van der Waals surface area contributed by atoms with Crippen LogP contribution in [0.1, 0.15) is 18.9 Å². The molecule has 0 saturated carbocycles. The number of carbonyl (C=O) groups excluding carboxylic acids is 1. The van der Waals surface area contributed by atoms with Crippen molar-refractivity contribution < 1.29 is 14.3 Å². The first-order valence-electron chi connectivity index (χ1n) is 9.08. The third kappa shape index (κ3) is 4.80. The topological polar surface area (TPSA) is 51.1 Å². The third-order valence-corrected chi connectivity index (χ3v) is 5.83. The summed E-state index contributed by atoms with van der Waals surface area (Å²) >= 11 is 7.57. The summed E-state index contributed by atoms with van der Waals surface area (Å²) in [5.41, 5.74) is 1.68. The Labute approximate surface area is 174 Å². The van der Waals surface area contributed by atoms with Crippen LogP contribution in [0.15, 0.2) is 47.5 Å². The van der Waals surface area contributed by atoms with Gasteiger partial charge in [0.05, 0.1) is 12.8 Å². The largest absolute Gasteiger partial charge is 0.497 e. The Morgan fingerprint density at radius 2 is 2.04 bits per heavy atom. The van der Waals surface area contributed by atoms with E-state index in [1.807, 2.05) is 37.3 Å². The fraction of sp³-hybridized carbons (Fsp3) is 0.333. The number of aliphatic imine (C=N–C) groups is 1. The summed E-state index contributed by atoms with van der Waals surface area (Å²) in [4.78, 5) is 19.4. The van der Waals surface area contributed by atoms with E-state index < -0.39 is 0 Å². The Morgan fingerprint density at radius 3 is 2.68 bits per heavy atom. The van der Waals surface area contributed by atoms with Crippen LogP contribution in [0.25, 0.3) is 0 Å². The molecule has 0 unspecified atom stereocenters. The van der Waals surface area contributed by atoms with Gasteiger partial charge in [0.25, 0.3) is 5.91 Å². The average molecular weight is 419 g/mol. The molecule has 2 aromatic rings. The zero-order valence-electron chi connectivity index (χ0n) is 16.1. The van der Waals surface area contributed by atoms with E-state index in [0.717, 1.165) is 29.2 Å². The quantitative estimate of drug-likeness (QED) is 0.656. The van der Waals surface area contributed by atoms with Gasteiger partial charge < -0.3 is 9.47 Å². The number of amidine groups is 1. The number of ether oxygens (including phenoxy) is 2. The molecule has 7 heteroatoms. The van der Waals surface area contributed by atoms with Gasteiger partial charge in [-0.15, -0.1) is 0 Å². The zero-order chi connectivity index (χ0) is 20.1. The molecule has 0 spiro atoms. The molecule has 5 nitrogen and oxygen atoms in total. The maximum Gasteiger partial charge on any atom is 0.266 e. The number of hydrogen-bond acceptors (Lipinski definition) is 5. The van der Waals surface area contributed by atoms with Gasteiger partial charge >= 0.3 is 0 Å². The molecule has 1 atom stereocenters. The highest BCUT2D eigenvalue weighted by Gasteiger charge is 2.34. The van der Waals surface area contributed by atoms with Crippen LogP contribution in [0, 0.1) is 6.92 Å². The smallest absolute Gasteiger partial charge is 0.266 e. The molecular weight excluding hydrogens is 396 g/mol. The molecule has 0 N–H and O–H groups in total. The highest BCUT2D eigenvalue weighted by molar-refractivity contribution is 8.14. The van der Waals surface area contributed by atoms with Crippen LogP contribution in [0.3, 0.4) is 0 Å². The first kappa shape index (κ1) is 20.6. The van der Waals surface area contributed by atoms with Crippen LogP contribution in [-0.2, 0) is 4.79 Å². The second-order valence-corrected chi connectivity index (χ2v) is 7.85. The van der Waals surface area contributed by atoms with Crippen molar-refractivity contribution >= 4 is 40.1 Å². The Bertz CT molecular complexity index is 870. The number of halogens is 1. The molecule has 1 amide bonds. The predicted molar refractivity (Wildman–Crippen MR) is 115 cm³/mol. The van der Waals surface area contributed by atoms with E-state index in [2.05, 4.69) is 11.9 Å². The van der Waals surface area contributed by atoms with Gasteiger partial charge in [0.2, 0.25) is 0 Å². The SMILES string of the molecule is CC[C@H]1CSC(=Nc2ccc(OC)cc2)N1C(=O)COc1ccc(Cl)cc1C. The van der Waals surface area contributed by atoms with E-state index in [1.165, 1.54) is 0 Å². The van der Waals surface area contributed by atoms with Crippen molar-refractivity contribution in [3.63, 3.8) is 0 Å². The first-order valence-corrected chi connectivity index (χ1v) is 10.4. The number of carbonyl (C=O) groups is 1. The molecular formula is C21H23ClN2O3S. The summed E-state index contributed by atoms with van der Waals surface area (Å²) in [5.74, 6) is 2.16. The van der Waals surface area contributed by atoms with Crippen molar-refractivity contribution in [2.24, 2.45) is 4.99 Å². The van der Waals surface area contributed by atoms with Crippen LogP contribution >= 0.6 is 23.4 Å². The van der Waals surface area contributed by atoms with Gasteiger partial charge in [-0.3, -0.25) is 9.69 Å². The number of rotatable bonds is 6. The molecule has 3 rings (SSSR count). The molecule has 28 heavy (non-hydrogen) atoms. The molecule has 1 aliphatic rings. The lowest BCUT2D eigenvalue weighted by Gasteiger charge is -2.23. The van der Waals surface area contributed by atoms with Crippen molar-refractivity contribution in [3.05, 3.63) is 53.1 Å². The number of amides is 1. The summed E-state index contributed by atoms with van der Waals surface area (Å²) in [6.45, 7) is 3.94. The molecule has 1 fully saturated rings. The van der Waals surface area contributed by atoms with Crippen molar-refractivity contribution in [2.75, 3.05) is 19.5 Å². The van der Waals surface area contributed by atoms with Crippen LogP contribution < -0.4 is 9.47 Å². The number of thioether (sulfide) groups is 1. The molecule has 0 aromatic heterocycles. The number of nitrogens with zero attached hydrogens (tertiary/aromatic N) is 2. The minimum atomic E-state index is -0.0986. The lowest BCUT2D eigenvalue weighted by molar-refractivity contribution is -0.130. The van der Waals surface area contributed by atoms with E-state index in [4.69, 9.17) is 21.1 Å². The lowest BCUT2D eigenvalue weighted by atomic mass is 10.2. The summed E-state index contributed by atoms with van der Waals surface area (Å²) in [6.07, 6.45) is 0.861. The van der Waals surface area contributed by atoms with E-state index in [-0.39, 0.29) is 18.6 Å². The molecule has 1 heterocycles. The standard InChI is InChI=1S/C21H23ClN2O3S/c1-4-17-13-28-21(23-16-6-8-18(26-3)9-7-16)24(17)20(25)12-27-19-10-5-15(22)11-14(19)2/h5-11,17H,4,12-13H2,1-3H3/t17-/m0/s1. The summed E-state index contributed by atoms with van der Waals surface area (Å²) in [5, 5.41) is 1.35. The van der Waals surface area contributed by atoms with Gasteiger partial charge in [0.15, 0.2) is 11.8 Å². The molecule has 0 bridgehead atoms. The summed E-state index contributed by atoms with van der Waals surface area (Å²) < 4.78 is 10.9. The average Bonchev–Trinajstić information content (AvgIpc) is 3.10. The van der Waals surface area contributed by atoms with Crippen LogP contribution in [-0.4, -0.2) is 41.5 Å². The summed E-state index contributed by atoms with van der Waals surface area (Å²) in [6, 6.07) is 12.9. The van der Waals surface area contributed by atoms with Crippen molar-refractivity contribution in [2.45, 2.75) is 26.3 Å². The molecule has 2 aromatic carbocycles. The monoisotopic (exact) mass is 418 g/mol. The molecule has 0 aliphatic carbocycles. The number of hydrogen-bond donors (Lipinski definition) is 0. The maximum absolute atomic E-state index is 12.9. The predicted octanol–water partition coefficient (Wildman–Crippen LogP) is 5.08. The number of methoxy groups -OCH3 is 1. The first-order chi connectivity index (χ1) is 13.5. The van der Waals surface area contributed by atoms with Gasteiger partial charge in [0.1, 0.15) is 11.5 Å². The summed E-state index contributed by atoms with van der Waals surface area (Å²) in [7, 11) is 1.63. The van der Waals surface area contributed by atoms with Crippen molar-refractivity contribution in [1.29, 1.82) is 0 Å². The highest BCUT2D eigenvalue weighted by Crippen LogP contribution is 2.30. The lowest BCUT2D eigenvalue weighted by Crippen LogP contribution is -2.41. The molecule has 1 aliphatic heterocycles. The van der Waals surface area contributed by atoms with Gasteiger partial charge in [-0.1, -0.05) is 30.3 Å². The van der Waals surface area contributed by atoms with Gasteiger partial charge in [-0.2, -0.15) is 0 Å². The Kier molecular flexibility index (Phi) is 6.86. The Balaban J connectivity index is 1.75. The third-order valence-electron chi connectivity index (χ3n) is 4.50. The van der Waals surface area contributed by atoms with Gasteiger partial charge in [-0.05, 0) is 61.4 Å². The minimum Gasteiger partial charge on any atom is -0.497 e. The van der Waals surface area contributed by atoms with Crippen LogP contribution in [0.5, 0.6) is 11.5 Å². The maximum atomic E-state index is 12.9. The van der Waals surface area contributed by atoms with Crippen molar-refractivity contribution in [1.82, 2.24) is 4.90 Å². The van der Waals surface area contributed by atoms with Crippen molar-refractivity contribution in [3.8, 4) is 11.5 Å². The highest BCUT2D eigenvalue weighted by atomic mass is 35.5. The molecule has 0 radical (unpaired) electrons. The van der Waals surface area contributed by atoms with Gasteiger partial charge in [-0.25, -0.2) is 4.99 Å².